The Labute approximate surface area is 116 Å². The third-order valence-electron chi connectivity index (χ3n) is 2.94. The van der Waals surface area contributed by atoms with Crippen molar-refractivity contribution in [1.29, 1.82) is 0 Å². The molecule has 3 nitrogen and oxygen atoms in total. The SMILES string of the molecule is CC1(C)CC(c2ccccc2)C=[N+](O[Si](C)(C)C)O1. The highest BCUT2D eigenvalue weighted by Gasteiger charge is 2.40. The standard InChI is InChI=1S/C15H24NO2Si/c1-15(2)11-14(13-9-7-6-8-10-13)12-16(17-15)18-19(3,4)5/h6-10,12,14H,11H2,1-5H3/q+1. The molecule has 1 atom stereocenters. The third-order valence-corrected chi connectivity index (χ3v) is 3.67. The van der Waals surface area contributed by atoms with Crippen LogP contribution in [0, 0.1) is 0 Å². The summed E-state index contributed by atoms with van der Waals surface area (Å²) in [6.07, 6.45) is 3.02. The van der Waals surface area contributed by atoms with Crippen molar-refractivity contribution in [2.75, 3.05) is 0 Å². The van der Waals surface area contributed by atoms with Gasteiger partial charge in [-0.05, 0) is 39.1 Å². The molecule has 1 aliphatic heterocycles. The molecule has 0 saturated heterocycles. The van der Waals surface area contributed by atoms with Crippen LogP contribution in [0.2, 0.25) is 19.6 Å². The molecular formula is C15H24NO2Si+. The van der Waals surface area contributed by atoms with Crippen LogP contribution in [0.1, 0.15) is 31.7 Å². The van der Waals surface area contributed by atoms with Crippen molar-refractivity contribution < 1.29 is 14.3 Å². The van der Waals surface area contributed by atoms with Gasteiger partial charge in [-0.2, -0.15) is 0 Å². The highest BCUT2D eigenvalue weighted by atomic mass is 28.4. The molecule has 1 aromatic carbocycles. The van der Waals surface area contributed by atoms with Gasteiger partial charge in [-0.1, -0.05) is 30.3 Å². The van der Waals surface area contributed by atoms with Crippen molar-refractivity contribution in [1.82, 2.24) is 0 Å². The molecule has 0 spiro atoms. The molecule has 0 amide bonds. The van der Waals surface area contributed by atoms with E-state index in [1.807, 2.05) is 6.07 Å². The maximum atomic E-state index is 5.96. The van der Waals surface area contributed by atoms with Gasteiger partial charge in [-0.25, -0.2) is 4.84 Å². The minimum Gasteiger partial charge on any atom is -0.306 e. The Bertz CT molecular complexity index is 463. The van der Waals surface area contributed by atoms with Crippen LogP contribution in [-0.4, -0.2) is 25.0 Å². The van der Waals surface area contributed by atoms with E-state index < -0.39 is 8.32 Å². The van der Waals surface area contributed by atoms with E-state index in [-0.39, 0.29) is 5.60 Å². The topological polar surface area (TPSA) is 21.5 Å². The Hall–Kier alpha value is -1.29. The van der Waals surface area contributed by atoms with Crippen LogP contribution in [0.25, 0.3) is 0 Å². The fourth-order valence-corrected chi connectivity index (χ4v) is 2.90. The maximum Gasteiger partial charge on any atom is 0.343 e. The maximum absolute atomic E-state index is 5.96. The molecule has 0 radical (unpaired) electrons. The predicted molar refractivity (Wildman–Crippen MR) is 79.7 cm³/mol. The number of hydrogen-bond donors (Lipinski definition) is 0. The van der Waals surface area contributed by atoms with Crippen molar-refractivity contribution in [2.45, 2.75) is 51.4 Å². The Kier molecular flexibility index (Phi) is 3.72. The summed E-state index contributed by atoms with van der Waals surface area (Å²) in [5, 5.41) is 0. The van der Waals surface area contributed by atoms with E-state index in [4.69, 9.17) is 9.36 Å². The van der Waals surface area contributed by atoms with Gasteiger partial charge in [0.25, 0.3) is 6.21 Å². The molecule has 1 unspecified atom stereocenters. The van der Waals surface area contributed by atoms with Gasteiger partial charge in [0.15, 0.2) is 10.5 Å². The second kappa shape index (κ2) is 5.00. The lowest BCUT2D eigenvalue weighted by Crippen LogP contribution is -2.43. The molecule has 0 aromatic heterocycles. The Morgan fingerprint density at radius 2 is 1.84 bits per heavy atom. The molecule has 0 N–H and O–H groups in total. The monoisotopic (exact) mass is 278 g/mol. The van der Waals surface area contributed by atoms with E-state index >= 15 is 0 Å². The average Bonchev–Trinajstić information content (AvgIpc) is 2.25. The fraction of sp³-hybridized carbons (Fsp3) is 0.533. The second-order valence-electron chi connectivity index (χ2n) is 6.71. The first kappa shape index (κ1) is 14.1. The summed E-state index contributed by atoms with van der Waals surface area (Å²) in [6, 6.07) is 10.5. The first-order valence-corrected chi connectivity index (χ1v) is 10.2. The smallest absolute Gasteiger partial charge is 0.306 e. The molecule has 0 aliphatic carbocycles. The lowest BCUT2D eigenvalue weighted by molar-refractivity contribution is -0.959. The average molecular weight is 278 g/mol. The molecule has 0 saturated carbocycles. The lowest BCUT2D eigenvalue weighted by Gasteiger charge is -2.28. The Balaban J connectivity index is 2.26. The summed E-state index contributed by atoms with van der Waals surface area (Å²) in [4.78, 5) is 7.50. The van der Waals surface area contributed by atoms with Gasteiger partial charge in [0.1, 0.15) is 0 Å². The summed E-state index contributed by atoms with van der Waals surface area (Å²) in [5.41, 5.74) is 1.09. The van der Waals surface area contributed by atoms with Crippen LogP contribution in [0.3, 0.4) is 0 Å². The predicted octanol–water partition coefficient (Wildman–Crippen LogP) is 3.73. The fourth-order valence-electron chi connectivity index (χ4n) is 2.26. The summed E-state index contributed by atoms with van der Waals surface area (Å²) in [5.74, 6) is 0.335. The largest absolute Gasteiger partial charge is 0.343 e. The van der Waals surface area contributed by atoms with Gasteiger partial charge in [-0.15, -0.1) is 0 Å². The van der Waals surface area contributed by atoms with Crippen molar-refractivity contribution in [3.8, 4) is 0 Å². The molecule has 0 bridgehead atoms. The summed E-state index contributed by atoms with van der Waals surface area (Å²) >= 11 is 0. The van der Waals surface area contributed by atoms with Crippen LogP contribution < -0.4 is 0 Å². The van der Waals surface area contributed by atoms with Crippen molar-refractivity contribution in [3.63, 3.8) is 0 Å². The van der Waals surface area contributed by atoms with E-state index in [9.17, 15) is 0 Å². The highest BCUT2D eigenvalue weighted by molar-refractivity contribution is 6.69. The van der Waals surface area contributed by atoms with E-state index in [1.165, 1.54) is 5.56 Å². The summed E-state index contributed by atoms with van der Waals surface area (Å²) < 4.78 is 5.96. The lowest BCUT2D eigenvalue weighted by atomic mass is 9.88. The van der Waals surface area contributed by atoms with Gasteiger partial charge in [0, 0.05) is 6.42 Å². The van der Waals surface area contributed by atoms with Crippen LogP contribution in [0.15, 0.2) is 30.3 Å². The van der Waals surface area contributed by atoms with Crippen LogP contribution in [0.4, 0.5) is 0 Å². The molecule has 0 fully saturated rings. The van der Waals surface area contributed by atoms with E-state index in [0.29, 0.717) is 5.92 Å². The highest BCUT2D eigenvalue weighted by Crippen LogP contribution is 2.31. The molecule has 4 heteroatoms. The van der Waals surface area contributed by atoms with Gasteiger partial charge in [0.2, 0.25) is 0 Å². The number of hydrogen-bond acceptors (Lipinski definition) is 2. The molecule has 1 aliphatic rings. The first-order valence-electron chi connectivity index (χ1n) is 6.83. The van der Waals surface area contributed by atoms with Crippen molar-refractivity contribution in [2.24, 2.45) is 0 Å². The number of nitrogens with zero attached hydrogens (tertiary/aromatic N) is 1. The van der Waals surface area contributed by atoms with Crippen LogP contribution in [-0.2, 0) is 9.36 Å². The molecule has 2 rings (SSSR count). The quantitative estimate of drug-likeness (QED) is 0.786. The molecule has 19 heavy (non-hydrogen) atoms. The van der Waals surface area contributed by atoms with E-state index in [0.717, 1.165) is 6.42 Å². The van der Waals surface area contributed by atoms with Crippen LogP contribution in [0.5, 0.6) is 0 Å². The molecule has 1 aromatic rings. The van der Waals surface area contributed by atoms with Crippen molar-refractivity contribution in [3.05, 3.63) is 35.9 Å². The Morgan fingerprint density at radius 3 is 2.42 bits per heavy atom. The molecule has 1 heterocycles. The zero-order valence-electron chi connectivity index (χ0n) is 12.5. The summed E-state index contributed by atoms with van der Waals surface area (Å²) in [7, 11) is -1.67. The number of rotatable bonds is 3. The van der Waals surface area contributed by atoms with E-state index in [1.54, 1.807) is 4.90 Å². The number of benzene rings is 1. The van der Waals surface area contributed by atoms with Gasteiger partial charge >= 0.3 is 8.32 Å². The summed E-state index contributed by atoms with van der Waals surface area (Å²) in [6.45, 7) is 10.7. The van der Waals surface area contributed by atoms with Crippen molar-refractivity contribution >= 4 is 14.5 Å². The third kappa shape index (κ3) is 4.09. The molecular weight excluding hydrogens is 254 g/mol. The van der Waals surface area contributed by atoms with Gasteiger partial charge in [0.05, 0.1) is 5.92 Å². The second-order valence-corrected chi connectivity index (χ2v) is 11.1. The zero-order chi connectivity index (χ0) is 14.1. The zero-order valence-corrected chi connectivity index (χ0v) is 13.5. The van der Waals surface area contributed by atoms with Crippen LogP contribution >= 0.6 is 0 Å². The first-order chi connectivity index (χ1) is 8.75. The van der Waals surface area contributed by atoms with Gasteiger partial charge in [-0.3, -0.25) is 0 Å². The molecule has 104 valence electrons. The normalized spacial score (nSPS) is 22.4. The minimum atomic E-state index is -1.67. The van der Waals surface area contributed by atoms with Gasteiger partial charge < -0.3 is 4.53 Å². The van der Waals surface area contributed by atoms with E-state index in [2.05, 4.69) is 64.0 Å². The Morgan fingerprint density at radius 1 is 1.21 bits per heavy atom. The minimum absolute atomic E-state index is 0.213.